The zero-order chi connectivity index (χ0) is 14.0. The van der Waals surface area contributed by atoms with E-state index in [1.165, 1.54) is 11.1 Å². The molecule has 0 bridgehead atoms. The highest BCUT2D eigenvalue weighted by Crippen LogP contribution is 2.35. The average Bonchev–Trinajstić information content (AvgIpc) is 2.82. The molecule has 0 unspecified atom stereocenters. The lowest BCUT2D eigenvalue weighted by Gasteiger charge is -2.35. The number of para-hydroxylation sites is 1. The maximum absolute atomic E-state index is 6.15. The Labute approximate surface area is 120 Å². The zero-order valence-corrected chi connectivity index (χ0v) is 13.1. The van der Waals surface area contributed by atoms with Gasteiger partial charge >= 0.3 is 0 Å². The van der Waals surface area contributed by atoms with Crippen molar-refractivity contribution in [2.24, 2.45) is 0 Å². The Balaban J connectivity index is 2.83. The first kappa shape index (κ1) is 14.4. The Morgan fingerprint density at radius 3 is 2.32 bits per heavy atom. The zero-order valence-electron chi connectivity index (χ0n) is 12.3. The summed E-state index contributed by atoms with van der Waals surface area (Å²) in [7, 11) is 0. The van der Waals surface area contributed by atoms with Crippen molar-refractivity contribution in [1.82, 2.24) is 9.55 Å². The second-order valence-electron chi connectivity index (χ2n) is 5.22. The van der Waals surface area contributed by atoms with E-state index >= 15 is 0 Å². The summed E-state index contributed by atoms with van der Waals surface area (Å²) in [4.78, 5) is 4.73. The molecule has 0 atom stereocenters. The summed E-state index contributed by atoms with van der Waals surface area (Å²) in [6.45, 7) is 8.93. The van der Waals surface area contributed by atoms with Crippen molar-refractivity contribution in [2.45, 2.75) is 58.4 Å². The van der Waals surface area contributed by atoms with Gasteiger partial charge in [0.15, 0.2) is 0 Å². The van der Waals surface area contributed by atoms with E-state index in [1.807, 2.05) is 0 Å². The Kier molecular flexibility index (Phi) is 4.19. The summed E-state index contributed by atoms with van der Waals surface area (Å²) in [5.74, 6) is 1.46. The fourth-order valence-corrected chi connectivity index (χ4v) is 3.35. The van der Waals surface area contributed by atoms with Crippen LogP contribution in [-0.4, -0.2) is 9.55 Å². The van der Waals surface area contributed by atoms with E-state index in [0.717, 1.165) is 30.6 Å². The van der Waals surface area contributed by atoms with E-state index < -0.39 is 0 Å². The Morgan fingerprint density at radius 1 is 1.16 bits per heavy atom. The first-order valence-corrected chi connectivity index (χ1v) is 7.70. The van der Waals surface area contributed by atoms with Crippen molar-refractivity contribution in [2.75, 3.05) is 0 Å². The van der Waals surface area contributed by atoms with E-state index in [4.69, 9.17) is 16.6 Å². The normalized spacial score (nSPS) is 12.3. The molecule has 1 aromatic heterocycles. The molecule has 0 saturated carbocycles. The van der Waals surface area contributed by atoms with Gasteiger partial charge in [-0.15, -0.1) is 11.6 Å². The summed E-state index contributed by atoms with van der Waals surface area (Å²) in [6.07, 6.45) is 3.30. The van der Waals surface area contributed by atoms with Gasteiger partial charge in [-0.3, -0.25) is 0 Å². The van der Waals surface area contributed by atoms with Gasteiger partial charge in [0.05, 0.1) is 16.9 Å². The van der Waals surface area contributed by atoms with E-state index in [2.05, 4.69) is 50.5 Å². The number of fused-ring (bicyclic) bond motifs is 1. The topological polar surface area (TPSA) is 17.8 Å². The highest BCUT2D eigenvalue weighted by atomic mass is 35.5. The largest absolute Gasteiger partial charge is 0.321 e. The number of aryl methyl sites for hydroxylation is 1. The van der Waals surface area contributed by atoms with Gasteiger partial charge in [-0.1, -0.05) is 32.9 Å². The molecule has 0 aliphatic heterocycles. The summed E-state index contributed by atoms with van der Waals surface area (Å²) in [5.41, 5.74) is 3.73. The molecule has 0 fully saturated rings. The number of hydrogen-bond donors (Lipinski definition) is 0. The number of rotatable bonds is 5. The molecule has 0 amide bonds. The van der Waals surface area contributed by atoms with Gasteiger partial charge in [0.25, 0.3) is 0 Å². The summed E-state index contributed by atoms with van der Waals surface area (Å²) in [5, 5.41) is 0. The lowest BCUT2D eigenvalue weighted by Crippen LogP contribution is -2.33. The van der Waals surface area contributed by atoms with E-state index in [9.17, 15) is 0 Å². The van der Waals surface area contributed by atoms with Gasteiger partial charge in [-0.05, 0) is 37.8 Å². The van der Waals surface area contributed by atoms with E-state index in [1.54, 1.807) is 0 Å². The number of benzene rings is 1. The molecule has 1 aromatic carbocycles. The summed E-state index contributed by atoms with van der Waals surface area (Å²) < 4.78 is 2.41. The fourth-order valence-electron chi connectivity index (χ4n) is 3.17. The maximum Gasteiger partial charge on any atom is 0.125 e. The van der Waals surface area contributed by atoms with Crippen molar-refractivity contribution in [3.63, 3.8) is 0 Å². The minimum atomic E-state index is 0.130. The molecule has 2 nitrogen and oxygen atoms in total. The van der Waals surface area contributed by atoms with Crippen LogP contribution < -0.4 is 0 Å². The van der Waals surface area contributed by atoms with Crippen molar-refractivity contribution in [1.29, 1.82) is 0 Å². The lowest BCUT2D eigenvalue weighted by atomic mass is 9.88. The molecule has 19 heavy (non-hydrogen) atoms. The van der Waals surface area contributed by atoms with Crippen LogP contribution in [-0.2, 0) is 11.4 Å². The SMILES string of the molecule is CCC(CC)(CC)n1c(CCl)nc2cccc(C)c21. The van der Waals surface area contributed by atoms with E-state index in [0.29, 0.717) is 5.88 Å². The number of aromatic nitrogens is 2. The quantitative estimate of drug-likeness (QED) is 0.703. The first-order valence-electron chi connectivity index (χ1n) is 7.16. The van der Waals surface area contributed by atoms with Gasteiger partial charge in [-0.2, -0.15) is 0 Å². The number of halogens is 1. The van der Waals surface area contributed by atoms with Crippen LogP contribution in [0.5, 0.6) is 0 Å². The lowest BCUT2D eigenvalue weighted by molar-refractivity contribution is 0.252. The van der Waals surface area contributed by atoms with Gasteiger partial charge in [-0.25, -0.2) is 4.98 Å². The third kappa shape index (κ3) is 2.16. The number of nitrogens with zero attached hydrogens (tertiary/aromatic N) is 2. The van der Waals surface area contributed by atoms with Gasteiger partial charge in [0.2, 0.25) is 0 Å². The molecule has 2 rings (SSSR count). The average molecular weight is 279 g/mol. The first-order chi connectivity index (χ1) is 9.13. The smallest absolute Gasteiger partial charge is 0.125 e. The highest BCUT2D eigenvalue weighted by molar-refractivity contribution is 6.16. The van der Waals surface area contributed by atoms with Crippen LogP contribution in [0.15, 0.2) is 18.2 Å². The fraction of sp³-hybridized carbons (Fsp3) is 0.562. The summed E-state index contributed by atoms with van der Waals surface area (Å²) in [6, 6.07) is 6.31. The van der Waals surface area contributed by atoms with Gasteiger partial charge in [0, 0.05) is 5.54 Å². The van der Waals surface area contributed by atoms with Gasteiger partial charge in [0.1, 0.15) is 5.82 Å². The molecule has 1 heterocycles. The molecule has 2 aromatic rings. The number of imidazole rings is 1. The molecule has 0 saturated heterocycles. The van der Waals surface area contributed by atoms with Crippen LogP contribution in [0.3, 0.4) is 0 Å². The molecule has 0 aliphatic rings. The molecule has 0 aliphatic carbocycles. The van der Waals surface area contributed by atoms with E-state index in [-0.39, 0.29) is 5.54 Å². The molecule has 0 spiro atoms. The maximum atomic E-state index is 6.15. The van der Waals surface area contributed by atoms with Crippen molar-refractivity contribution in [3.05, 3.63) is 29.6 Å². The van der Waals surface area contributed by atoms with Crippen molar-refractivity contribution < 1.29 is 0 Å². The molecular weight excluding hydrogens is 256 g/mol. The van der Waals surface area contributed by atoms with Crippen LogP contribution in [0, 0.1) is 6.92 Å². The minimum Gasteiger partial charge on any atom is -0.321 e. The second kappa shape index (κ2) is 5.54. The van der Waals surface area contributed by atoms with Crippen LogP contribution in [0.4, 0.5) is 0 Å². The molecular formula is C16H23ClN2. The van der Waals surface area contributed by atoms with Crippen molar-refractivity contribution >= 4 is 22.6 Å². The molecule has 104 valence electrons. The third-order valence-electron chi connectivity index (χ3n) is 4.52. The highest BCUT2D eigenvalue weighted by Gasteiger charge is 2.30. The molecule has 0 N–H and O–H groups in total. The number of alkyl halides is 1. The predicted octanol–water partition coefficient (Wildman–Crippen LogP) is 5.01. The Hall–Kier alpha value is -1.02. The molecule has 0 radical (unpaired) electrons. The molecule has 3 heteroatoms. The van der Waals surface area contributed by atoms with Crippen LogP contribution >= 0.6 is 11.6 Å². The van der Waals surface area contributed by atoms with Crippen LogP contribution in [0.1, 0.15) is 51.4 Å². The van der Waals surface area contributed by atoms with Crippen LogP contribution in [0.25, 0.3) is 11.0 Å². The monoisotopic (exact) mass is 278 g/mol. The second-order valence-corrected chi connectivity index (χ2v) is 5.49. The van der Waals surface area contributed by atoms with Crippen LogP contribution in [0.2, 0.25) is 0 Å². The standard InChI is InChI=1S/C16H23ClN2/c1-5-16(6-2,7-3)19-14(11-17)18-13-10-8-9-12(4)15(13)19/h8-10H,5-7,11H2,1-4H3. The predicted molar refractivity (Wildman–Crippen MR) is 82.9 cm³/mol. The minimum absolute atomic E-state index is 0.130. The Bertz CT molecular complexity index is 559. The summed E-state index contributed by atoms with van der Waals surface area (Å²) >= 11 is 6.15. The van der Waals surface area contributed by atoms with Crippen molar-refractivity contribution in [3.8, 4) is 0 Å². The van der Waals surface area contributed by atoms with Gasteiger partial charge < -0.3 is 4.57 Å². The Morgan fingerprint density at radius 2 is 1.79 bits per heavy atom. The third-order valence-corrected chi connectivity index (χ3v) is 4.75. The number of hydrogen-bond acceptors (Lipinski definition) is 1.